The summed E-state index contributed by atoms with van der Waals surface area (Å²) in [6.07, 6.45) is 3.56. The zero-order valence-corrected chi connectivity index (χ0v) is 12.2. The fourth-order valence-corrected chi connectivity index (χ4v) is 2.34. The van der Waals surface area contributed by atoms with Crippen LogP contribution in [0, 0.1) is 0 Å². The zero-order valence-electron chi connectivity index (χ0n) is 12.2. The number of ether oxygens (including phenoxy) is 2. The van der Waals surface area contributed by atoms with Crippen LogP contribution in [-0.2, 0) is 14.3 Å². The number of rotatable bonds is 6. The van der Waals surface area contributed by atoms with Gasteiger partial charge in [0.25, 0.3) is 5.91 Å². The van der Waals surface area contributed by atoms with Gasteiger partial charge in [0.2, 0.25) is 0 Å². The summed E-state index contributed by atoms with van der Waals surface area (Å²) in [5, 5.41) is 2.87. The molecule has 1 aliphatic rings. The van der Waals surface area contributed by atoms with E-state index in [2.05, 4.69) is 5.32 Å². The van der Waals surface area contributed by atoms with E-state index in [0.29, 0.717) is 5.75 Å². The highest BCUT2D eigenvalue weighted by atomic mass is 16.6. The Hall–Kier alpha value is -2.04. The molecule has 0 saturated heterocycles. The fourth-order valence-electron chi connectivity index (χ4n) is 2.34. The average Bonchev–Trinajstić information content (AvgIpc) is 2.98. The van der Waals surface area contributed by atoms with Crippen molar-refractivity contribution in [2.24, 2.45) is 0 Å². The van der Waals surface area contributed by atoms with E-state index in [1.807, 2.05) is 18.2 Å². The summed E-state index contributed by atoms with van der Waals surface area (Å²) in [7, 11) is 0. The Kier molecular flexibility index (Phi) is 5.60. The molecule has 0 radical (unpaired) electrons. The smallest absolute Gasteiger partial charge is 0.347 e. The maximum absolute atomic E-state index is 11.8. The number of carbonyl (C=O) groups is 2. The molecule has 0 aromatic heterocycles. The van der Waals surface area contributed by atoms with Crippen LogP contribution < -0.4 is 10.1 Å². The molecule has 0 aliphatic heterocycles. The Labute approximate surface area is 124 Å². The second kappa shape index (κ2) is 7.67. The molecule has 0 bridgehead atoms. The second-order valence-corrected chi connectivity index (χ2v) is 5.23. The van der Waals surface area contributed by atoms with Gasteiger partial charge in [-0.3, -0.25) is 4.79 Å². The molecule has 1 amide bonds. The minimum absolute atomic E-state index is 0.231. The molecule has 1 saturated carbocycles. The van der Waals surface area contributed by atoms with Gasteiger partial charge in [0.05, 0.1) is 0 Å². The van der Waals surface area contributed by atoms with Crippen molar-refractivity contribution in [3.8, 4) is 5.75 Å². The number of hydrogen-bond acceptors (Lipinski definition) is 4. The van der Waals surface area contributed by atoms with Gasteiger partial charge < -0.3 is 14.8 Å². The summed E-state index contributed by atoms with van der Waals surface area (Å²) in [6.45, 7) is 1.35. The van der Waals surface area contributed by atoms with E-state index in [1.54, 1.807) is 19.1 Å². The van der Waals surface area contributed by atoms with Crippen molar-refractivity contribution in [1.29, 1.82) is 0 Å². The molecule has 1 unspecified atom stereocenters. The summed E-state index contributed by atoms with van der Waals surface area (Å²) in [4.78, 5) is 23.4. The van der Waals surface area contributed by atoms with Crippen molar-refractivity contribution in [3.05, 3.63) is 30.3 Å². The Morgan fingerprint density at radius 3 is 2.57 bits per heavy atom. The molecule has 2 rings (SSSR count). The Balaban J connectivity index is 1.69. The lowest BCUT2D eigenvalue weighted by Gasteiger charge is -2.15. The molecule has 1 fully saturated rings. The van der Waals surface area contributed by atoms with Crippen LogP contribution in [0.4, 0.5) is 0 Å². The van der Waals surface area contributed by atoms with Crippen LogP contribution in [0.1, 0.15) is 32.6 Å². The highest BCUT2D eigenvalue weighted by molar-refractivity contribution is 5.82. The van der Waals surface area contributed by atoms with Gasteiger partial charge in [-0.15, -0.1) is 0 Å². The minimum atomic E-state index is -0.744. The largest absolute Gasteiger partial charge is 0.479 e. The first kappa shape index (κ1) is 15.4. The Morgan fingerprint density at radius 2 is 1.90 bits per heavy atom. The summed E-state index contributed by atoms with van der Waals surface area (Å²) in [5.41, 5.74) is 0. The van der Waals surface area contributed by atoms with Gasteiger partial charge in [0.15, 0.2) is 12.7 Å². The number of nitrogens with one attached hydrogen (secondary N) is 1. The Morgan fingerprint density at radius 1 is 1.24 bits per heavy atom. The standard InChI is InChI=1S/C16H21NO4/c1-12(21-14-9-3-2-4-10-14)16(19)20-11-15(18)17-13-7-5-6-8-13/h2-4,9-10,12-13H,5-8,11H2,1H3,(H,17,18). The Bertz CT molecular complexity index is 468. The third-order valence-corrected chi connectivity index (χ3v) is 3.45. The number of amides is 1. The highest BCUT2D eigenvalue weighted by Gasteiger charge is 2.20. The summed E-state index contributed by atoms with van der Waals surface area (Å²) >= 11 is 0. The lowest BCUT2D eigenvalue weighted by Crippen LogP contribution is -2.37. The first-order chi connectivity index (χ1) is 10.1. The van der Waals surface area contributed by atoms with Gasteiger partial charge in [0.1, 0.15) is 5.75 Å². The second-order valence-electron chi connectivity index (χ2n) is 5.23. The third-order valence-electron chi connectivity index (χ3n) is 3.45. The molecule has 0 spiro atoms. The van der Waals surface area contributed by atoms with Crippen molar-refractivity contribution in [3.63, 3.8) is 0 Å². The van der Waals surface area contributed by atoms with Crippen molar-refractivity contribution in [1.82, 2.24) is 5.32 Å². The first-order valence-corrected chi connectivity index (χ1v) is 7.33. The fraction of sp³-hybridized carbons (Fsp3) is 0.500. The quantitative estimate of drug-likeness (QED) is 0.815. The van der Waals surface area contributed by atoms with Gasteiger partial charge in [-0.05, 0) is 31.9 Å². The van der Waals surface area contributed by atoms with Gasteiger partial charge in [-0.2, -0.15) is 0 Å². The third kappa shape index (κ3) is 5.10. The lowest BCUT2D eigenvalue weighted by molar-refractivity contribution is -0.154. The maximum Gasteiger partial charge on any atom is 0.347 e. The average molecular weight is 291 g/mol. The lowest BCUT2D eigenvalue weighted by atomic mass is 10.2. The predicted octanol–water partition coefficient (Wildman–Crippen LogP) is 2.06. The SMILES string of the molecule is CC(Oc1ccccc1)C(=O)OCC(=O)NC1CCCC1. The summed E-state index contributed by atoms with van der Waals surface area (Å²) < 4.78 is 10.4. The molecular weight excluding hydrogens is 270 g/mol. The number of benzene rings is 1. The van der Waals surface area contributed by atoms with Crippen LogP contribution in [0.5, 0.6) is 5.75 Å². The van der Waals surface area contributed by atoms with E-state index >= 15 is 0 Å². The van der Waals surface area contributed by atoms with Crippen LogP contribution in [0.3, 0.4) is 0 Å². The molecule has 1 aromatic rings. The van der Waals surface area contributed by atoms with Crippen LogP contribution in [0.25, 0.3) is 0 Å². The normalized spacial score (nSPS) is 16.2. The van der Waals surface area contributed by atoms with E-state index in [0.717, 1.165) is 25.7 Å². The number of para-hydroxylation sites is 1. The van der Waals surface area contributed by atoms with Crippen LogP contribution in [0.2, 0.25) is 0 Å². The molecule has 5 nitrogen and oxygen atoms in total. The molecule has 0 heterocycles. The number of hydrogen-bond donors (Lipinski definition) is 1. The molecule has 1 atom stereocenters. The van der Waals surface area contributed by atoms with E-state index in [1.165, 1.54) is 0 Å². The maximum atomic E-state index is 11.8. The van der Waals surface area contributed by atoms with Crippen LogP contribution in [-0.4, -0.2) is 30.6 Å². The predicted molar refractivity (Wildman–Crippen MR) is 77.9 cm³/mol. The van der Waals surface area contributed by atoms with E-state index < -0.39 is 12.1 Å². The molecule has 1 aromatic carbocycles. The summed E-state index contributed by atoms with van der Waals surface area (Å²) in [5.74, 6) is -0.194. The molecule has 1 aliphatic carbocycles. The van der Waals surface area contributed by atoms with E-state index in [-0.39, 0.29) is 18.6 Å². The van der Waals surface area contributed by atoms with Crippen molar-refractivity contribution in [2.45, 2.75) is 44.8 Å². The topological polar surface area (TPSA) is 64.6 Å². The monoisotopic (exact) mass is 291 g/mol. The molecule has 5 heteroatoms. The molecule has 114 valence electrons. The van der Waals surface area contributed by atoms with E-state index in [4.69, 9.17) is 9.47 Å². The van der Waals surface area contributed by atoms with Gasteiger partial charge in [0, 0.05) is 6.04 Å². The number of esters is 1. The van der Waals surface area contributed by atoms with Gasteiger partial charge >= 0.3 is 5.97 Å². The van der Waals surface area contributed by atoms with Gasteiger partial charge in [-0.1, -0.05) is 31.0 Å². The molecule has 21 heavy (non-hydrogen) atoms. The highest BCUT2D eigenvalue weighted by Crippen LogP contribution is 2.17. The molecular formula is C16H21NO4. The van der Waals surface area contributed by atoms with Crippen LogP contribution >= 0.6 is 0 Å². The van der Waals surface area contributed by atoms with Crippen molar-refractivity contribution >= 4 is 11.9 Å². The van der Waals surface area contributed by atoms with Crippen LogP contribution in [0.15, 0.2) is 30.3 Å². The zero-order chi connectivity index (χ0) is 15.1. The number of carbonyl (C=O) groups excluding carboxylic acids is 2. The molecule has 1 N–H and O–H groups in total. The minimum Gasteiger partial charge on any atom is -0.479 e. The summed E-state index contributed by atoms with van der Waals surface area (Å²) in [6, 6.07) is 9.26. The van der Waals surface area contributed by atoms with Crippen molar-refractivity contribution < 1.29 is 19.1 Å². The first-order valence-electron chi connectivity index (χ1n) is 7.33. The van der Waals surface area contributed by atoms with Gasteiger partial charge in [-0.25, -0.2) is 4.79 Å². The van der Waals surface area contributed by atoms with Crippen molar-refractivity contribution in [2.75, 3.05) is 6.61 Å². The van der Waals surface area contributed by atoms with E-state index in [9.17, 15) is 9.59 Å².